The maximum Gasteiger partial charge on any atom is 0.272 e. The molecule has 1 aromatic heterocycles. The van der Waals surface area contributed by atoms with Crippen LogP contribution in [-0.4, -0.2) is 15.1 Å². The number of benzene rings is 2. The van der Waals surface area contributed by atoms with E-state index in [2.05, 4.69) is 10.2 Å². The van der Waals surface area contributed by atoms with E-state index in [4.69, 9.17) is 5.73 Å². The zero-order chi connectivity index (χ0) is 15.7. The van der Waals surface area contributed by atoms with E-state index in [1.54, 1.807) is 30.3 Å². The van der Waals surface area contributed by atoms with Crippen LogP contribution in [0.15, 0.2) is 47.3 Å². The third-order valence-electron chi connectivity index (χ3n) is 3.41. The molecule has 0 atom stereocenters. The molecule has 0 spiro atoms. The van der Waals surface area contributed by atoms with Crippen molar-refractivity contribution in [2.45, 2.75) is 6.42 Å². The molecule has 0 radical (unpaired) electrons. The van der Waals surface area contributed by atoms with Crippen LogP contribution in [0.1, 0.15) is 11.3 Å². The number of nitrogens with zero attached hydrogens (tertiary/aromatic N) is 2. The fourth-order valence-electron chi connectivity index (χ4n) is 2.30. The van der Waals surface area contributed by atoms with Crippen molar-refractivity contribution in [2.24, 2.45) is 0 Å². The van der Waals surface area contributed by atoms with Crippen molar-refractivity contribution in [1.82, 2.24) is 10.2 Å². The van der Waals surface area contributed by atoms with Crippen molar-refractivity contribution >= 4 is 22.1 Å². The Kier molecular flexibility index (Phi) is 3.30. The summed E-state index contributed by atoms with van der Waals surface area (Å²) in [6.07, 6.45) is 0.454. The minimum absolute atomic E-state index is 0.0378. The van der Waals surface area contributed by atoms with E-state index in [-0.39, 0.29) is 11.2 Å². The van der Waals surface area contributed by atoms with Crippen molar-refractivity contribution in [3.63, 3.8) is 0 Å². The first-order valence-corrected chi connectivity index (χ1v) is 6.55. The first-order chi connectivity index (χ1) is 10.5. The van der Waals surface area contributed by atoms with Crippen molar-refractivity contribution in [1.29, 1.82) is 0 Å². The SMILES string of the molecule is Nc1ccc2c(Cc3ccc([N+](=O)[O-])cc3)n[nH]c(=O)c2c1. The fourth-order valence-corrected chi connectivity index (χ4v) is 2.30. The van der Waals surface area contributed by atoms with E-state index >= 15 is 0 Å². The Morgan fingerprint density at radius 2 is 1.86 bits per heavy atom. The van der Waals surface area contributed by atoms with Gasteiger partial charge in [-0.2, -0.15) is 5.10 Å². The average Bonchev–Trinajstić information content (AvgIpc) is 2.51. The quantitative estimate of drug-likeness (QED) is 0.436. The lowest BCUT2D eigenvalue weighted by Crippen LogP contribution is -2.11. The van der Waals surface area contributed by atoms with Gasteiger partial charge in [-0.3, -0.25) is 14.9 Å². The number of fused-ring (bicyclic) bond motifs is 1. The summed E-state index contributed by atoms with van der Waals surface area (Å²) in [5, 5.41) is 18.4. The highest BCUT2D eigenvalue weighted by molar-refractivity contribution is 5.86. The molecule has 0 saturated carbocycles. The molecule has 22 heavy (non-hydrogen) atoms. The maximum atomic E-state index is 11.8. The molecule has 3 rings (SSSR count). The number of nitrogens with one attached hydrogen (secondary N) is 1. The molecule has 0 amide bonds. The molecule has 7 nitrogen and oxygen atoms in total. The molecule has 0 unspecified atom stereocenters. The summed E-state index contributed by atoms with van der Waals surface area (Å²) in [4.78, 5) is 22.0. The Morgan fingerprint density at radius 3 is 2.55 bits per heavy atom. The molecule has 3 aromatic rings. The number of aromatic nitrogens is 2. The lowest BCUT2D eigenvalue weighted by molar-refractivity contribution is -0.384. The first kappa shape index (κ1) is 13.7. The van der Waals surface area contributed by atoms with E-state index in [0.29, 0.717) is 23.2 Å². The Hall–Kier alpha value is -3.22. The van der Waals surface area contributed by atoms with Crippen LogP contribution in [0.25, 0.3) is 10.8 Å². The Balaban J connectivity index is 2.02. The molecule has 0 saturated heterocycles. The Morgan fingerprint density at radius 1 is 1.14 bits per heavy atom. The van der Waals surface area contributed by atoms with Crippen LogP contribution in [0.4, 0.5) is 11.4 Å². The first-order valence-electron chi connectivity index (χ1n) is 6.55. The molecule has 2 aromatic carbocycles. The number of nitrogen functional groups attached to an aromatic ring is 1. The molecular weight excluding hydrogens is 284 g/mol. The number of nitro benzene ring substituents is 1. The molecule has 0 fully saturated rings. The maximum absolute atomic E-state index is 11.8. The topological polar surface area (TPSA) is 115 Å². The van der Waals surface area contributed by atoms with Crippen molar-refractivity contribution in [2.75, 3.05) is 5.73 Å². The van der Waals surface area contributed by atoms with Crippen LogP contribution in [0.5, 0.6) is 0 Å². The minimum Gasteiger partial charge on any atom is -0.399 e. The fraction of sp³-hybridized carbons (Fsp3) is 0.0667. The number of nitrogens with two attached hydrogens (primary N) is 1. The monoisotopic (exact) mass is 296 g/mol. The summed E-state index contributed by atoms with van der Waals surface area (Å²) in [5.41, 5.74) is 7.50. The third kappa shape index (κ3) is 2.51. The van der Waals surface area contributed by atoms with Gasteiger partial charge in [-0.25, -0.2) is 5.10 Å². The second-order valence-corrected chi connectivity index (χ2v) is 4.90. The average molecular weight is 296 g/mol. The van der Waals surface area contributed by atoms with Gasteiger partial charge in [0, 0.05) is 29.6 Å². The smallest absolute Gasteiger partial charge is 0.272 e. The Bertz CT molecular complexity index is 916. The number of aromatic amines is 1. The van der Waals surface area contributed by atoms with Crippen LogP contribution in [0, 0.1) is 10.1 Å². The molecule has 7 heteroatoms. The summed E-state index contributed by atoms with van der Waals surface area (Å²) < 4.78 is 0. The van der Waals surface area contributed by atoms with Crippen molar-refractivity contribution < 1.29 is 4.92 Å². The van der Waals surface area contributed by atoms with Gasteiger partial charge < -0.3 is 5.73 Å². The molecular formula is C15H12N4O3. The summed E-state index contributed by atoms with van der Waals surface area (Å²) in [6, 6.07) is 11.3. The van der Waals surface area contributed by atoms with Gasteiger partial charge in [0.1, 0.15) is 0 Å². The highest BCUT2D eigenvalue weighted by Gasteiger charge is 2.09. The summed E-state index contributed by atoms with van der Waals surface area (Å²) >= 11 is 0. The molecule has 0 aliphatic heterocycles. The van der Waals surface area contributed by atoms with E-state index in [9.17, 15) is 14.9 Å². The molecule has 0 bridgehead atoms. The zero-order valence-electron chi connectivity index (χ0n) is 11.4. The summed E-state index contributed by atoms with van der Waals surface area (Å²) in [7, 11) is 0. The Labute approximate surface area is 124 Å². The molecule has 1 heterocycles. The van der Waals surface area contributed by atoms with E-state index < -0.39 is 4.92 Å². The van der Waals surface area contributed by atoms with Gasteiger partial charge in [-0.05, 0) is 17.7 Å². The number of anilines is 1. The number of rotatable bonds is 3. The van der Waals surface area contributed by atoms with Crippen molar-refractivity contribution in [3.8, 4) is 0 Å². The summed E-state index contributed by atoms with van der Waals surface area (Å²) in [6.45, 7) is 0. The predicted octanol–water partition coefficient (Wildman–Crippen LogP) is 2.00. The number of H-pyrrole nitrogens is 1. The van der Waals surface area contributed by atoms with Crippen LogP contribution in [-0.2, 0) is 6.42 Å². The van der Waals surface area contributed by atoms with Gasteiger partial charge in [0.2, 0.25) is 0 Å². The third-order valence-corrected chi connectivity index (χ3v) is 3.41. The van der Waals surface area contributed by atoms with Gasteiger partial charge in [-0.1, -0.05) is 18.2 Å². The van der Waals surface area contributed by atoms with Gasteiger partial charge in [-0.15, -0.1) is 0 Å². The number of nitro groups is 1. The van der Waals surface area contributed by atoms with E-state index in [1.807, 2.05) is 0 Å². The van der Waals surface area contributed by atoms with Crippen molar-refractivity contribution in [3.05, 3.63) is 74.2 Å². The summed E-state index contributed by atoms with van der Waals surface area (Å²) in [5.74, 6) is 0. The molecule has 110 valence electrons. The van der Waals surface area contributed by atoms with Gasteiger partial charge in [0.05, 0.1) is 16.0 Å². The largest absolute Gasteiger partial charge is 0.399 e. The molecule has 0 aliphatic rings. The van der Waals surface area contributed by atoms with Crippen LogP contribution >= 0.6 is 0 Å². The van der Waals surface area contributed by atoms with Crippen LogP contribution < -0.4 is 11.3 Å². The lowest BCUT2D eigenvalue weighted by atomic mass is 10.0. The molecule has 3 N–H and O–H groups in total. The number of non-ortho nitro benzene ring substituents is 1. The van der Waals surface area contributed by atoms with E-state index in [0.717, 1.165) is 10.9 Å². The number of hydrogen-bond acceptors (Lipinski definition) is 5. The number of hydrogen-bond donors (Lipinski definition) is 2. The van der Waals surface area contributed by atoms with Crippen LogP contribution in [0.3, 0.4) is 0 Å². The van der Waals surface area contributed by atoms with Gasteiger partial charge >= 0.3 is 0 Å². The van der Waals surface area contributed by atoms with Gasteiger partial charge in [0.15, 0.2) is 0 Å². The predicted molar refractivity (Wildman–Crippen MR) is 82.7 cm³/mol. The molecule has 0 aliphatic carbocycles. The van der Waals surface area contributed by atoms with Gasteiger partial charge in [0.25, 0.3) is 11.2 Å². The highest BCUT2D eigenvalue weighted by atomic mass is 16.6. The van der Waals surface area contributed by atoms with Crippen LogP contribution in [0.2, 0.25) is 0 Å². The highest BCUT2D eigenvalue weighted by Crippen LogP contribution is 2.20. The zero-order valence-corrected chi connectivity index (χ0v) is 11.4. The minimum atomic E-state index is -0.444. The normalized spacial score (nSPS) is 10.7. The second-order valence-electron chi connectivity index (χ2n) is 4.90. The lowest BCUT2D eigenvalue weighted by Gasteiger charge is -2.06. The van der Waals surface area contributed by atoms with E-state index in [1.165, 1.54) is 12.1 Å². The standard InChI is InChI=1S/C15H12N4O3/c16-10-3-6-12-13(8-10)15(20)18-17-14(12)7-9-1-4-11(5-2-9)19(21)22/h1-6,8H,7,16H2,(H,18,20). The second kappa shape index (κ2) is 5.28.